The normalized spacial score (nSPS) is 25.7. The van der Waals surface area contributed by atoms with Gasteiger partial charge < -0.3 is 5.73 Å². The van der Waals surface area contributed by atoms with Gasteiger partial charge in [0.25, 0.3) is 0 Å². The van der Waals surface area contributed by atoms with Gasteiger partial charge in [-0.25, -0.2) is 0 Å². The standard InChI is InChI=1S/C15H27N2O.2CH2/c16-15(18)11-13-7-6-10-17(12-13)14-8-4-2-1-3-5-9-14;;/h13H,1-12H2,(H2,16,18);2*1H2. The number of primary amides is 1. The van der Waals surface area contributed by atoms with Crippen LogP contribution in [-0.4, -0.2) is 23.9 Å². The van der Waals surface area contributed by atoms with Gasteiger partial charge >= 0.3 is 0 Å². The fourth-order valence-corrected chi connectivity index (χ4v) is 3.43. The number of amides is 1. The summed E-state index contributed by atoms with van der Waals surface area (Å²) in [5, 5.41) is 0. The molecule has 1 amide bonds. The van der Waals surface area contributed by atoms with Crippen LogP contribution in [0.4, 0.5) is 0 Å². The molecule has 1 unspecified atom stereocenters. The van der Waals surface area contributed by atoms with Crippen LogP contribution in [0.25, 0.3) is 0 Å². The van der Waals surface area contributed by atoms with E-state index in [0.29, 0.717) is 12.3 Å². The molecule has 5 radical (unpaired) electrons. The summed E-state index contributed by atoms with van der Waals surface area (Å²) in [6, 6.07) is 1.66. The molecule has 1 aliphatic carbocycles. The average Bonchev–Trinajstić information content (AvgIpc) is 2.27. The molecular weight excluding hydrogens is 248 g/mol. The number of likely N-dealkylation sites (tertiary alicyclic amines) is 1. The second kappa shape index (κ2) is 10.2. The number of hydrogen-bond acceptors (Lipinski definition) is 2. The molecule has 1 heterocycles. The van der Waals surface area contributed by atoms with Crippen molar-refractivity contribution in [3.63, 3.8) is 0 Å². The van der Waals surface area contributed by atoms with E-state index in [-0.39, 0.29) is 20.8 Å². The molecule has 115 valence electrons. The first-order chi connectivity index (χ1) is 8.75. The van der Waals surface area contributed by atoms with Crippen LogP contribution in [0.5, 0.6) is 0 Å². The predicted molar refractivity (Wildman–Crippen MR) is 84.4 cm³/mol. The number of nitrogens with zero attached hydrogens (tertiary/aromatic N) is 1. The van der Waals surface area contributed by atoms with Crippen molar-refractivity contribution < 1.29 is 4.79 Å². The fraction of sp³-hybridized carbons (Fsp3) is 0.765. The lowest BCUT2D eigenvalue weighted by atomic mass is 9.90. The smallest absolute Gasteiger partial charge is 0.217 e. The molecule has 0 aromatic rings. The van der Waals surface area contributed by atoms with Crippen molar-refractivity contribution in [1.29, 1.82) is 0 Å². The Balaban J connectivity index is 0.00000180. The molecule has 1 saturated carbocycles. The second-order valence-corrected chi connectivity index (χ2v) is 5.96. The Kier molecular flexibility index (Phi) is 9.91. The van der Waals surface area contributed by atoms with Crippen LogP contribution in [0.1, 0.15) is 64.2 Å². The lowest BCUT2D eigenvalue weighted by Crippen LogP contribution is -2.39. The first-order valence-electron chi connectivity index (χ1n) is 7.63. The average molecular weight is 279 g/mol. The topological polar surface area (TPSA) is 46.3 Å². The lowest BCUT2D eigenvalue weighted by Gasteiger charge is -2.38. The Morgan fingerprint density at radius 1 is 1.05 bits per heavy atom. The van der Waals surface area contributed by atoms with Gasteiger partial charge in [0.15, 0.2) is 0 Å². The van der Waals surface area contributed by atoms with Crippen LogP contribution in [-0.2, 0) is 4.79 Å². The van der Waals surface area contributed by atoms with E-state index in [1.165, 1.54) is 64.3 Å². The summed E-state index contributed by atoms with van der Waals surface area (Å²) in [4.78, 5) is 13.6. The number of piperidine rings is 1. The number of rotatable bonds is 3. The highest BCUT2D eigenvalue weighted by atomic mass is 16.1. The number of carbonyl (C=O) groups excluding carboxylic acids is 1. The summed E-state index contributed by atoms with van der Waals surface area (Å²) in [6.07, 6.45) is 12.4. The van der Waals surface area contributed by atoms with E-state index >= 15 is 0 Å². The van der Waals surface area contributed by atoms with Gasteiger partial charge in [-0.15, -0.1) is 0 Å². The van der Waals surface area contributed by atoms with Crippen molar-refractivity contribution in [3.05, 3.63) is 20.9 Å². The molecule has 0 aromatic carbocycles. The van der Waals surface area contributed by atoms with E-state index in [0.717, 1.165) is 6.54 Å². The number of hydrogen-bond donors (Lipinski definition) is 1. The Labute approximate surface area is 126 Å². The zero-order valence-corrected chi connectivity index (χ0v) is 12.9. The van der Waals surface area contributed by atoms with E-state index < -0.39 is 0 Å². The van der Waals surface area contributed by atoms with E-state index in [1.807, 2.05) is 0 Å². The SMILES string of the molecule is NC(=O)CC1CCCN([C]2CCCCCCC2)C1.[CH2].[CH2]. The summed E-state index contributed by atoms with van der Waals surface area (Å²) in [7, 11) is 0. The molecule has 2 rings (SSSR count). The van der Waals surface area contributed by atoms with Gasteiger partial charge in [-0.2, -0.15) is 0 Å². The van der Waals surface area contributed by atoms with Crippen molar-refractivity contribution in [1.82, 2.24) is 4.90 Å². The molecule has 0 spiro atoms. The maximum Gasteiger partial charge on any atom is 0.217 e. The maximum atomic E-state index is 11.0. The van der Waals surface area contributed by atoms with Gasteiger partial charge in [0.05, 0.1) is 0 Å². The van der Waals surface area contributed by atoms with Gasteiger partial charge in [-0.3, -0.25) is 9.69 Å². The Morgan fingerprint density at radius 2 is 1.65 bits per heavy atom. The zero-order chi connectivity index (χ0) is 12.8. The van der Waals surface area contributed by atoms with E-state index in [1.54, 1.807) is 6.04 Å². The summed E-state index contributed by atoms with van der Waals surface area (Å²) in [5.41, 5.74) is 5.33. The highest BCUT2D eigenvalue weighted by molar-refractivity contribution is 5.74. The quantitative estimate of drug-likeness (QED) is 0.859. The van der Waals surface area contributed by atoms with Crippen LogP contribution >= 0.6 is 0 Å². The van der Waals surface area contributed by atoms with Gasteiger partial charge in [-0.05, 0) is 38.1 Å². The highest BCUT2D eigenvalue weighted by Gasteiger charge is 2.27. The van der Waals surface area contributed by atoms with E-state index in [2.05, 4.69) is 4.90 Å². The number of nitrogens with two attached hydrogens (primary N) is 1. The third-order valence-corrected chi connectivity index (χ3v) is 4.39. The maximum absolute atomic E-state index is 11.0. The molecule has 0 aromatic heterocycles. The lowest BCUT2D eigenvalue weighted by molar-refractivity contribution is -0.119. The summed E-state index contributed by atoms with van der Waals surface area (Å²) < 4.78 is 0. The summed E-state index contributed by atoms with van der Waals surface area (Å²) in [5.74, 6) is 0.360. The zero-order valence-electron chi connectivity index (χ0n) is 12.9. The third-order valence-electron chi connectivity index (χ3n) is 4.39. The first-order valence-corrected chi connectivity index (χ1v) is 7.63. The van der Waals surface area contributed by atoms with Crippen molar-refractivity contribution in [2.45, 2.75) is 64.2 Å². The molecule has 1 atom stereocenters. The Hall–Kier alpha value is -0.570. The van der Waals surface area contributed by atoms with Gasteiger partial charge in [0.1, 0.15) is 0 Å². The molecule has 2 fully saturated rings. The van der Waals surface area contributed by atoms with Crippen LogP contribution in [0.2, 0.25) is 0 Å². The van der Waals surface area contributed by atoms with Crippen LogP contribution in [0.3, 0.4) is 0 Å². The van der Waals surface area contributed by atoms with Crippen molar-refractivity contribution in [2.24, 2.45) is 11.7 Å². The molecule has 1 saturated heterocycles. The largest absolute Gasteiger partial charge is 0.370 e. The summed E-state index contributed by atoms with van der Waals surface area (Å²) in [6.45, 7) is 2.27. The van der Waals surface area contributed by atoms with Crippen molar-refractivity contribution >= 4 is 5.91 Å². The molecule has 20 heavy (non-hydrogen) atoms. The third kappa shape index (κ3) is 6.25. The highest BCUT2D eigenvalue weighted by Crippen LogP contribution is 2.31. The van der Waals surface area contributed by atoms with Crippen molar-refractivity contribution in [2.75, 3.05) is 13.1 Å². The molecule has 1 aliphatic heterocycles. The molecule has 0 bridgehead atoms. The number of carbonyl (C=O) groups is 1. The van der Waals surface area contributed by atoms with Crippen LogP contribution in [0, 0.1) is 26.8 Å². The Bertz CT molecular complexity index is 260. The Morgan fingerprint density at radius 3 is 2.25 bits per heavy atom. The molecule has 2 aliphatic rings. The minimum atomic E-state index is -0.135. The minimum absolute atomic E-state index is 0. The molecule has 2 N–H and O–H groups in total. The van der Waals surface area contributed by atoms with Crippen LogP contribution in [0.15, 0.2) is 0 Å². The van der Waals surface area contributed by atoms with Gasteiger partial charge in [0.2, 0.25) is 5.91 Å². The summed E-state index contributed by atoms with van der Waals surface area (Å²) >= 11 is 0. The van der Waals surface area contributed by atoms with Crippen LogP contribution < -0.4 is 5.73 Å². The molecule has 3 heteroatoms. The predicted octanol–water partition coefficient (Wildman–Crippen LogP) is 3.50. The second-order valence-electron chi connectivity index (χ2n) is 5.96. The first kappa shape index (κ1) is 19.4. The van der Waals surface area contributed by atoms with Crippen molar-refractivity contribution in [3.8, 4) is 0 Å². The van der Waals surface area contributed by atoms with Gasteiger partial charge in [-0.1, -0.05) is 47.0 Å². The van der Waals surface area contributed by atoms with Gasteiger partial charge in [0, 0.05) is 19.0 Å². The van der Waals surface area contributed by atoms with E-state index in [9.17, 15) is 4.79 Å². The minimum Gasteiger partial charge on any atom is -0.370 e. The molecular formula is C17H31N2O. The monoisotopic (exact) mass is 279 g/mol. The fourth-order valence-electron chi connectivity index (χ4n) is 3.43. The van der Waals surface area contributed by atoms with E-state index in [4.69, 9.17) is 5.73 Å². The molecule has 3 nitrogen and oxygen atoms in total.